The molecule has 0 spiro atoms. The monoisotopic (exact) mass is 318 g/mol. The van der Waals surface area contributed by atoms with Gasteiger partial charge in [0.15, 0.2) is 0 Å². The van der Waals surface area contributed by atoms with Crippen molar-refractivity contribution < 1.29 is 13.3 Å². The third kappa shape index (κ3) is 2.60. The molecule has 0 bridgehead atoms. The highest BCUT2D eigenvalue weighted by Gasteiger charge is 2.45. The van der Waals surface area contributed by atoms with Gasteiger partial charge >= 0.3 is 0 Å². The van der Waals surface area contributed by atoms with E-state index in [1.165, 1.54) is 16.4 Å². The zero-order valence-electron chi connectivity index (χ0n) is 11.8. The summed E-state index contributed by atoms with van der Waals surface area (Å²) in [5.74, 6) is 0. The molecule has 3 rings (SSSR count). The Morgan fingerprint density at radius 1 is 1.18 bits per heavy atom. The predicted octanol–water partition coefficient (Wildman–Crippen LogP) is 2.65. The fourth-order valence-corrected chi connectivity index (χ4v) is 3.90. The molecule has 0 radical (unpaired) electrons. The lowest BCUT2D eigenvalue weighted by Gasteiger charge is -2.07. The summed E-state index contributed by atoms with van der Waals surface area (Å²) in [6, 6.07) is 12.4. The van der Waals surface area contributed by atoms with E-state index in [4.69, 9.17) is 0 Å². The third-order valence-corrected chi connectivity index (χ3v) is 5.55. The van der Waals surface area contributed by atoms with Gasteiger partial charge in [0.25, 0.3) is 5.69 Å². The summed E-state index contributed by atoms with van der Waals surface area (Å²) in [6.45, 7) is 2.23. The van der Waals surface area contributed by atoms with Crippen molar-refractivity contribution in [2.75, 3.05) is 6.54 Å². The van der Waals surface area contributed by atoms with Gasteiger partial charge in [0.1, 0.15) is 0 Å². The Labute approximate surface area is 128 Å². The molecule has 0 N–H and O–H groups in total. The molecule has 1 fully saturated rings. The van der Waals surface area contributed by atoms with Crippen LogP contribution < -0.4 is 0 Å². The Hall–Kier alpha value is -2.25. The van der Waals surface area contributed by atoms with Gasteiger partial charge in [-0.1, -0.05) is 29.8 Å². The van der Waals surface area contributed by atoms with E-state index in [-0.39, 0.29) is 16.6 Å². The maximum atomic E-state index is 12.5. The summed E-state index contributed by atoms with van der Waals surface area (Å²) in [4.78, 5) is 10.6. The maximum Gasteiger partial charge on any atom is 0.269 e. The quantitative estimate of drug-likeness (QED) is 0.493. The number of benzene rings is 2. The molecule has 0 amide bonds. The minimum Gasteiger partial charge on any atom is -0.258 e. The van der Waals surface area contributed by atoms with Gasteiger partial charge in [-0.05, 0) is 24.6 Å². The van der Waals surface area contributed by atoms with E-state index in [9.17, 15) is 18.5 Å². The lowest BCUT2D eigenvalue weighted by atomic mass is 10.1. The summed E-state index contributed by atoms with van der Waals surface area (Å²) in [6.07, 6.45) is 0. The van der Waals surface area contributed by atoms with Crippen LogP contribution in [-0.4, -0.2) is 24.2 Å². The largest absolute Gasteiger partial charge is 0.269 e. The summed E-state index contributed by atoms with van der Waals surface area (Å²) in [5.41, 5.74) is 1.60. The number of nitro groups is 1. The van der Waals surface area contributed by atoms with Crippen molar-refractivity contribution in [1.82, 2.24) is 4.31 Å². The molecule has 1 heterocycles. The van der Waals surface area contributed by atoms with Crippen LogP contribution in [0.25, 0.3) is 0 Å². The van der Waals surface area contributed by atoms with Gasteiger partial charge in [0, 0.05) is 18.7 Å². The van der Waals surface area contributed by atoms with Crippen LogP contribution in [0.15, 0.2) is 53.4 Å². The average molecular weight is 318 g/mol. The second-order valence-corrected chi connectivity index (χ2v) is 7.15. The van der Waals surface area contributed by atoms with Crippen LogP contribution in [-0.2, 0) is 10.0 Å². The van der Waals surface area contributed by atoms with E-state index in [1.54, 1.807) is 36.4 Å². The van der Waals surface area contributed by atoms with Crippen molar-refractivity contribution in [2.24, 2.45) is 0 Å². The van der Waals surface area contributed by atoms with Crippen molar-refractivity contribution in [3.8, 4) is 0 Å². The van der Waals surface area contributed by atoms with Crippen molar-refractivity contribution in [2.45, 2.75) is 17.9 Å². The normalized spacial score (nSPS) is 20.6. The lowest BCUT2D eigenvalue weighted by molar-refractivity contribution is -0.384. The molecule has 2 unspecified atom stereocenters. The summed E-state index contributed by atoms with van der Waals surface area (Å²) in [5, 5.41) is 10.8. The molecule has 2 atom stereocenters. The van der Waals surface area contributed by atoms with Crippen LogP contribution in [0.2, 0.25) is 0 Å². The van der Waals surface area contributed by atoms with E-state index < -0.39 is 14.9 Å². The van der Waals surface area contributed by atoms with Crippen LogP contribution in [0, 0.1) is 17.0 Å². The number of hydrogen-bond donors (Lipinski definition) is 0. The minimum atomic E-state index is -3.55. The zero-order valence-corrected chi connectivity index (χ0v) is 12.7. The molecule has 2 aromatic carbocycles. The lowest BCUT2D eigenvalue weighted by Crippen LogP contribution is -2.12. The maximum absolute atomic E-state index is 12.5. The van der Waals surface area contributed by atoms with Crippen molar-refractivity contribution in [3.05, 3.63) is 69.8 Å². The molecule has 1 aliphatic heterocycles. The van der Waals surface area contributed by atoms with Gasteiger partial charge in [-0.3, -0.25) is 10.1 Å². The predicted molar refractivity (Wildman–Crippen MR) is 80.9 cm³/mol. The Morgan fingerprint density at radius 3 is 2.50 bits per heavy atom. The number of hydrogen-bond acceptors (Lipinski definition) is 4. The van der Waals surface area contributed by atoms with Crippen LogP contribution in [0.5, 0.6) is 0 Å². The van der Waals surface area contributed by atoms with Gasteiger partial charge < -0.3 is 0 Å². The molecule has 0 aliphatic carbocycles. The molecule has 1 saturated heterocycles. The Morgan fingerprint density at radius 2 is 1.86 bits per heavy atom. The number of rotatable bonds is 4. The highest BCUT2D eigenvalue weighted by Crippen LogP contribution is 2.41. The second kappa shape index (κ2) is 5.19. The molecule has 2 aromatic rings. The second-order valence-electron chi connectivity index (χ2n) is 5.26. The minimum absolute atomic E-state index is 0.0305. The van der Waals surface area contributed by atoms with E-state index in [0.717, 1.165) is 5.56 Å². The standard InChI is InChI=1S/C15H14N2O4S/c1-11-5-7-14(8-6-11)22(20,21)16-10-15(16)12-3-2-4-13(9-12)17(18)19/h2-9,15H,10H2,1H3. The fourth-order valence-electron chi connectivity index (χ4n) is 2.35. The number of sulfonamides is 1. The number of non-ortho nitro benzene ring substituents is 1. The van der Waals surface area contributed by atoms with Gasteiger partial charge in [-0.25, -0.2) is 8.42 Å². The molecule has 1 aliphatic rings. The van der Waals surface area contributed by atoms with Crippen molar-refractivity contribution in [3.63, 3.8) is 0 Å². The van der Waals surface area contributed by atoms with Gasteiger partial charge in [0.05, 0.1) is 15.9 Å². The van der Waals surface area contributed by atoms with Crippen LogP contribution in [0.3, 0.4) is 0 Å². The molecule has 0 saturated carbocycles. The molecule has 22 heavy (non-hydrogen) atoms. The van der Waals surface area contributed by atoms with Crippen LogP contribution >= 0.6 is 0 Å². The third-order valence-electron chi connectivity index (χ3n) is 3.66. The molecule has 114 valence electrons. The SMILES string of the molecule is Cc1ccc(S(=O)(=O)N2CC2c2cccc([N+](=O)[O-])c2)cc1. The van der Waals surface area contributed by atoms with E-state index >= 15 is 0 Å². The zero-order chi connectivity index (χ0) is 15.9. The average Bonchev–Trinajstić information content (AvgIpc) is 3.29. The summed E-state index contributed by atoms with van der Waals surface area (Å²) >= 11 is 0. The first-order valence-electron chi connectivity index (χ1n) is 6.72. The Balaban J connectivity index is 1.86. The molecule has 0 aromatic heterocycles. The topological polar surface area (TPSA) is 80.3 Å². The number of nitro benzene ring substituents is 1. The molecule has 6 nitrogen and oxygen atoms in total. The van der Waals surface area contributed by atoms with Crippen molar-refractivity contribution >= 4 is 15.7 Å². The van der Waals surface area contributed by atoms with Crippen LogP contribution in [0.4, 0.5) is 5.69 Å². The first-order valence-corrected chi connectivity index (χ1v) is 8.16. The summed E-state index contributed by atoms with van der Waals surface area (Å²) < 4.78 is 26.3. The van der Waals surface area contributed by atoms with Gasteiger partial charge in [-0.15, -0.1) is 0 Å². The Kier molecular flexibility index (Phi) is 3.46. The van der Waals surface area contributed by atoms with Crippen LogP contribution in [0.1, 0.15) is 17.2 Å². The first kappa shape index (κ1) is 14.7. The van der Waals surface area contributed by atoms with Crippen molar-refractivity contribution in [1.29, 1.82) is 0 Å². The molecule has 7 heteroatoms. The van der Waals surface area contributed by atoms with E-state index in [1.807, 2.05) is 6.92 Å². The first-order chi connectivity index (χ1) is 10.4. The Bertz CT molecular complexity index is 831. The van der Waals surface area contributed by atoms with E-state index in [2.05, 4.69) is 0 Å². The highest BCUT2D eigenvalue weighted by molar-refractivity contribution is 7.89. The highest BCUT2D eigenvalue weighted by atomic mass is 32.2. The molecular formula is C15H14N2O4S. The number of nitrogens with zero attached hydrogens (tertiary/aromatic N) is 2. The van der Waals surface area contributed by atoms with Gasteiger partial charge in [-0.2, -0.15) is 4.31 Å². The fraction of sp³-hybridized carbons (Fsp3) is 0.200. The smallest absolute Gasteiger partial charge is 0.258 e. The number of aryl methyl sites for hydroxylation is 1. The molecular weight excluding hydrogens is 304 g/mol. The summed E-state index contributed by atoms with van der Waals surface area (Å²) in [7, 11) is -3.55. The van der Waals surface area contributed by atoms with E-state index in [0.29, 0.717) is 12.1 Å². The van der Waals surface area contributed by atoms with Gasteiger partial charge in [0.2, 0.25) is 10.0 Å².